The van der Waals surface area contributed by atoms with E-state index in [-0.39, 0.29) is 38.4 Å². The van der Waals surface area contributed by atoms with Crippen molar-refractivity contribution in [3.8, 4) is 5.75 Å². The number of amides is 1. The zero-order valence-electron chi connectivity index (χ0n) is 23.7. The number of hydrogen-bond acceptors (Lipinski definition) is 5. The van der Waals surface area contributed by atoms with Crippen molar-refractivity contribution in [2.45, 2.75) is 90.3 Å². The third kappa shape index (κ3) is 9.42. The minimum absolute atomic E-state index is 0.132. The number of aryl methyl sites for hydroxylation is 3. The number of benzene rings is 2. The van der Waals surface area contributed by atoms with Crippen LogP contribution in [-0.2, 0) is 33.2 Å². The molecular weight excluding hydrogens is 511 g/mol. The molecular formula is C30H40F3NO5. The van der Waals surface area contributed by atoms with Gasteiger partial charge in [0.1, 0.15) is 11.4 Å². The van der Waals surface area contributed by atoms with Crippen LogP contribution in [0.1, 0.15) is 69.7 Å². The van der Waals surface area contributed by atoms with Gasteiger partial charge in [0.15, 0.2) is 5.79 Å². The maximum atomic E-state index is 13.9. The van der Waals surface area contributed by atoms with E-state index in [9.17, 15) is 18.0 Å². The van der Waals surface area contributed by atoms with Crippen LogP contribution < -0.4 is 10.1 Å². The number of carbonyl (C=O) groups is 1. The molecule has 2 aromatic rings. The molecule has 0 atom stereocenters. The summed E-state index contributed by atoms with van der Waals surface area (Å²) in [6, 6.07) is 12.0. The molecule has 1 amide bonds. The molecule has 1 fully saturated rings. The van der Waals surface area contributed by atoms with Gasteiger partial charge in [0, 0.05) is 0 Å². The lowest BCUT2D eigenvalue weighted by Gasteiger charge is -2.44. The molecule has 0 unspecified atom stereocenters. The van der Waals surface area contributed by atoms with Crippen LogP contribution in [0.2, 0.25) is 0 Å². The molecule has 1 aliphatic heterocycles. The molecule has 3 rings (SSSR count). The Labute approximate surface area is 229 Å². The fourth-order valence-corrected chi connectivity index (χ4v) is 4.31. The lowest BCUT2D eigenvalue weighted by Crippen LogP contribution is -2.61. The summed E-state index contributed by atoms with van der Waals surface area (Å²) < 4.78 is 64.4. The lowest BCUT2D eigenvalue weighted by molar-refractivity contribution is -0.271. The Balaban J connectivity index is 1.69. The second kappa shape index (κ2) is 12.2. The van der Waals surface area contributed by atoms with Crippen LogP contribution in [0, 0.1) is 6.92 Å². The number of halogens is 3. The fourth-order valence-electron chi connectivity index (χ4n) is 4.31. The van der Waals surface area contributed by atoms with Crippen LogP contribution in [0.15, 0.2) is 42.5 Å². The third-order valence-electron chi connectivity index (χ3n) is 6.51. The van der Waals surface area contributed by atoms with Crippen molar-refractivity contribution in [2.24, 2.45) is 0 Å². The smallest absolute Gasteiger partial charge is 0.419 e. The van der Waals surface area contributed by atoms with Gasteiger partial charge in [0.25, 0.3) is 0 Å². The van der Waals surface area contributed by atoms with E-state index >= 15 is 0 Å². The number of ether oxygens (including phenoxy) is 4. The number of rotatable bonds is 9. The molecule has 0 aliphatic carbocycles. The first-order valence-electron chi connectivity index (χ1n) is 13.2. The number of hydrogen-bond donors (Lipinski definition) is 1. The quantitative estimate of drug-likeness (QED) is 0.340. The summed E-state index contributed by atoms with van der Waals surface area (Å²) in [4.78, 5) is 12.6. The van der Waals surface area contributed by atoms with E-state index in [0.29, 0.717) is 12.0 Å². The van der Waals surface area contributed by atoms with Crippen LogP contribution in [0.5, 0.6) is 5.75 Å². The van der Waals surface area contributed by atoms with E-state index in [0.717, 1.165) is 23.6 Å². The largest absolute Gasteiger partial charge is 0.493 e. The highest BCUT2D eigenvalue weighted by molar-refractivity contribution is 5.69. The Morgan fingerprint density at radius 2 is 1.69 bits per heavy atom. The van der Waals surface area contributed by atoms with Crippen molar-refractivity contribution in [1.82, 2.24) is 5.32 Å². The summed E-state index contributed by atoms with van der Waals surface area (Å²) in [6.45, 7) is 11.2. The van der Waals surface area contributed by atoms with Crippen molar-refractivity contribution >= 4 is 6.09 Å². The zero-order valence-corrected chi connectivity index (χ0v) is 23.7. The molecule has 2 aromatic carbocycles. The number of nitrogens with one attached hydrogen (secondary N) is 1. The molecule has 0 saturated carbocycles. The first kappa shape index (κ1) is 30.8. The van der Waals surface area contributed by atoms with Crippen molar-refractivity contribution in [3.05, 3.63) is 64.7 Å². The monoisotopic (exact) mass is 551 g/mol. The maximum absolute atomic E-state index is 13.9. The van der Waals surface area contributed by atoms with Gasteiger partial charge in [-0.15, -0.1) is 0 Å². The SMILES string of the molecule is Cc1ccccc1CCCOc1ccc(CCC2(NC(=O)OC(C)(C)C)COC(C)(C)OC2)cc1C(F)(F)F. The third-order valence-corrected chi connectivity index (χ3v) is 6.51. The van der Waals surface area contributed by atoms with E-state index in [4.69, 9.17) is 18.9 Å². The molecule has 1 saturated heterocycles. The Kier molecular flexibility index (Phi) is 9.60. The van der Waals surface area contributed by atoms with E-state index in [1.54, 1.807) is 40.7 Å². The van der Waals surface area contributed by atoms with Gasteiger partial charge < -0.3 is 24.3 Å². The zero-order chi connectivity index (χ0) is 28.9. The summed E-state index contributed by atoms with van der Waals surface area (Å²) >= 11 is 0. The van der Waals surface area contributed by atoms with E-state index in [1.165, 1.54) is 6.07 Å². The van der Waals surface area contributed by atoms with Crippen LogP contribution in [0.25, 0.3) is 0 Å². The number of carbonyl (C=O) groups excluding carboxylic acids is 1. The molecule has 0 radical (unpaired) electrons. The summed E-state index contributed by atoms with van der Waals surface area (Å²) in [5.74, 6) is -1.02. The van der Waals surface area contributed by atoms with Gasteiger partial charge >= 0.3 is 12.3 Å². The first-order chi connectivity index (χ1) is 18.1. The van der Waals surface area contributed by atoms with Gasteiger partial charge in [-0.2, -0.15) is 13.2 Å². The fraction of sp³-hybridized carbons (Fsp3) is 0.567. The molecule has 0 bridgehead atoms. The van der Waals surface area contributed by atoms with Crippen LogP contribution in [0.3, 0.4) is 0 Å². The second-order valence-corrected chi connectivity index (χ2v) is 11.6. The Morgan fingerprint density at radius 1 is 1.03 bits per heavy atom. The van der Waals surface area contributed by atoms with E-state index in [2.05, 4.69) is 5.32 Å². The summed E-state index contributed by atoms with van der Waals surface area (Å²) in [6.07, 6.45) is -3.36. The highest BCUT2D eigenvalue weighted by Gasteiger charge is 2.42. The van der Waals surface area contributed by atoms with E-state index < -0.39 is 34.8 Å². The van der Waals surface area contributed by atoms with Gasteiger partial charge in [-0.1, -0.05) is 30.3 Å². The predicted molar refractivity (Wildman–Crippen MR) is 143 cm³/mol. The number of alkyl halides is 3. The van der Waals surface area contributed by atoms with Crippen molar-refractivity contribution in [1.29, 1.82) is 0 Å². The van der Waals surface area contributed by atoms with E-state index in [1.807, 2.05) is 31.2 Å². The van der Waals surface area contributed by atoms with Crippen LogP contribution >= 0.6 is 0 Å². The molecule has 9 heteroatoms. The van der Waals surface area contributed by atoms with Gasteiger partial charge in [-0.3, -0.25) is 0 Å². The molecule has 6 nitrogen and oxygen atoms in total. The molecule has 0 spiro atoms. The Morgan fingerprint density at radius 3 is 2.31 bits per heavy atom. The topological polar surface area (TPSA) is 66.0 Å². The van der Waals surface area contributed by atoms with Gasteiger partial charge in [0.05, 0.1) is 30.9 Å². The highest BCUT2D eigenvalue weighted by atomic mass is 19.4. The average Bonchev–Trinajstić information content (AvgIpc) is 2.82. The second-order valence-electron chi connectivity index (χ2n) is 11.6. The first-order valence-corrected chi connectivity index (χ1v) is 13.2. The Hall–Kier alpha value is -2.78. The summed E-state index contributed by atoms with van der Waals surface area (Å²) in [5, 5.41) is 2.85. The minimum Gasteiger partial charge on any atom is -0.493 e. The van der Waals surface area contributed by atoms with Gasteiger partial charge in [0.2, 0.25) is 0 Å². The van der Waals surface area contributed by atoms with Crippen molar-refractivity contribution < 1.29 is 36.9 Å². The van der Waals surface area contributed by atoms with Gasteiger partial charge in [-0.25, -0.2) is 4.79 Å². The molecule has 1 N–H and O–H groups in total. The molecule has 0 aromatic heterocycles. The van der Waals surface area contributed by atoms with Crippen molar-refractivity contribution in [3.63, 3.8) is 0 Å². The van der Waals surface area contributed by atoms with Crippen LogP contribution in [-0.4, -0.2) is 42.8 Å². The molecule has 216 valence electrons. The van der Waals surface area contributed by atoms with Crippen molar-refractivity contribution in [2.75, 3.05) is 19.8 Å². The molecule has 1 aliphatic rings. The summed E-state index contributed by atoms with van der Waals surface area (Å²) in [5.41, 5.74) is 0.279. The Bertz CT molecular complexity index is 1110. The molecule has 39 heavy (non-hydrogen) atoms. The highest BCUT2D eigenvalue weighted by Crippen LogP contribution is 2.38. The summed E-state index contributed by atoms with van der Waals surface area (Å²) in [7, 11) is 0. The standard InChI is InChI=1S/C30H40F3NO5/c1-21-10-7-8-11-23(21)12-9-17-36-25-14-13-22(18-24(25)30(31,32)33)15-16-29(19-37-28(5,6)38-20-29)34-26(35)39-27(2,3)4/h7-8,10-11,13-14,18H,9,12,15-17,19-20H2,1-6H3,(H,34,35). The predicted octanol–water partition coefficient (Wildman–Crippen LogP) is 7.00. The lowest BCUT2D eigenvalue weighted by atomic mass is 9.91. The average molecular weight is 552 g/mol. The maximum Gasteiger partial charge on any atom is 0.419 e. The minimum atomic E-state index is -4.57. The number of alkyl carbamates (subject to hydrolysis) is 1. The van der Waals surface area contributed by atoms with Crippen LogP contribution in [0.4, 0.5) is 18.0 Å². The van der Waals surface area contributed by atoms with Gasteiger partial charge in [-0.05, 0) is 96.0 Å². The normalized spacial score (nSPS) is 16.9. The molecule has 1 heterocycles.